The molecule has 4 heteroatoms. The van der Waals surface area contributed by atoms with Crippen LogP contribution in [0.3, 0.4) is 0 Å². The smallest absolute Gasteiger partial charge is 0.223 e. The van der Waals surface area contributed by atoms with Crippen molar-refractivity contribution < 1.29 is 9.90 Å². The lowest BCUT2D eigenvalue weighted by Gasteiger charge is -2.43. The molecule has 1 saturated carbocycles. The summed E-state index contributed by atoms with van der Waals surface area (Å²) in [5, 5.41) is 12.5. The third-order valence-corrected chi connectivity index (χ3v) is 3.96. The van der Waals surface area contributed by atoms with Crippen molar-refractivity contribution in [1.29, 1.82) is 0 Å². The Morgan fingerprint density at radius 1 is 1.41 bits per heavy atom. The third kappa shape index (κ3) is 3.42. The van der Waals surface area contributed by atoms with Gasteiger partial charge in [-0.05, 0) is 53.6 Å². The van der Waals surface area contributed by atoms with E-state index in [2.05, 4.69) is 10.2 Å². The highest BCUT2D eigenvalue weighted by Gasteiger charge is 2.38. The minimum atomic E-state index is -0.116. The van der Waals surface area contributed by atoms with Gasteiger partial charge in [0.25, 0.3) is 0 Å². The van der Waals surface area contributed by atoms with Gasteiger partial charge < -0.3 is 15.3 Å². The Balaban J connectivity index is 2.52. The molecule has 0 unspecified atom stereocenters. The Morgan fingerprint density at radius 3 is 2.29 bits per heavy atom. The second kappa shape index (κ2) is 5.83. The number of aliphatic hydroxyl groups is 1. The van der Waals surface area contributed by atoms with Crippen LogP contribution in [-0.2, 0) is 4.79 Å². The van der Waals surface area contributed by atoms with E-state index >= 15 is 0 Å². The van der Waals surface area contributed by atoms with Crippen LogP contribution in [0.4, 0.5) is 0 Å². The van der Waals surface area contributed by atoms with Gasteiger partial charge in [0, 0.05) is 17.5 Å². The standard InChI is InChI=1S/C13H26N2O2/c1-10(2)14-12(17)11-5-7-13(9-16,8-6-11)15(3)4/h10-11,16H,5-9H2,1-4H3,(H,14,17). The van der Waals surface area contributed by atoms with Gasteiger partial charge in [-0.25, -0.2) is 0 Å². The van der Waals surface area contributed by atoms with E-state index < -0.39 is 0 Å². The number of aliphatic hydroxyl groups excluding tert-OH is 1. The van der Waals surface area contributed by atoms with Crippen molar-refractivity contribution >= 4 is 5.91 Å². The topological polar surface area (TPSA) is 52.6 Å². The first-order chi connectivity index (χ1) is 7.91. The molecule has 4 nitrogen and oxygen atoms in total. The van der Waals surface area contributed by atoms with Crippen molar-refractivity contribution in [2.45, 2.75) is 51.1 Å². The van der Waals surface area contributed by atoms with E-state index in [0.717, 1.165) is 25.7 Å². The second-order valence-electron chi connectivity index (χ2n) is 5.71. The lowest BCUT2D eigenvalue weighted by Crippen LogP contribution is -2.51. The van der Waals surface area contributed by atoms with Crippen LogP contribution in [0.5, 0.6) is 0 Å². The number of hydrogen-bond donors (Lipinski definition) is 2. The first kappa shape index (κ1) is 14.5. The first-order valence-electron chi connectivity index (χ1n) is 6.50. The molecule has 1 amide bonds. The maximum atomic E-state index is 11.9. The van der Waals surface area contributed by atoms with Crippen LogP contribution in [0.25, 0.3) is 0 Å². The minimum absolute atomic E-state index is 0.116. The molecule has 1 aliphatic carbocycles. The van der Waals surface area contributed by atoms with Gasteiger partial charge in [0.1, 0.15) is 0 Å². The highest BCUT2D eigenvalue weighted by molar-refractivity contribution is 5.79. The molecular weight excluding hydrogens is 216 g/mol. The molecule has 0 heterocycles. The molecule has 0 spiro atoms. The zero-order valence-corrected chi connectivity index (χ0v) is 11.5. The van der Waals surface area contributed by atoms with Crippen molar-refractivity contribution in [2.24, 2.45) is 5.92 Å². The lowest BCUT2D eigenvalue weighted by molar-refractivity contribution is -0.127. The van der Waals surface area contributed by atoms with Crippen molar-refractivity contribution in [3.8, 4) is 0 Å². The molecule has 1 fully saturated rings. The van der Waals surface area contributed by atoms with E-state index in [0.29, 0.717) is 0 Å². The zero-order valence-electron chi connectivity index (χ0n) is 11.5. The predicted molar refractivity (Wildman–Crippen MR) is 68.7 cm³/mol. The van der Waals surface area contributed by atoms with Crippen LogP contribution in [0, 0.1) is 5.92 Å². The number of amides is 1. The van der Waals surface area contributed by atoms with Gasteiger partial charge in [0.15, 0.2) is 0 Å². The molecular formula is C13H26N2O2. The average Bonchev–Trinajstić information content (AvgIpc) is 2.28. The van der Waals surface area contributed by atoms with E-state index in [4.69, 9.17) is 0 Å². The molecule has 100 valence electrons. The van der Waals surface area contributed by atoms with Crippen LogP contribution in [0.2, 0.25) is 0 Å². The van der Waals surface area contributed by atoms with E-state index in [9.17, 15) is 9.90 Å². The molecule has 0 radical (unpaired) electrons. The predicted octanol–water partition coefficient (Wildman–Crippen LogP) is 0.994. The molecule has 0 aromatic rings. The maximum absolute atomic E-state index is 11.9. The van der Waals surface area contributed by atoms with Crippen molar-refractivity contribution in [3.05, 3.63) is 0 Å². The van der Waals surface area contributed by atoms with Crippen LogP contribution in [-0.4, -0.2) is 48.2 Å². The van der Waals surface area contributed by atoms with Crippen molar-refractivity contribution in [2.75, 3.05) is 20.7 Å². The fraction of sp³-hybridized carbons (Fsp3) is 0.923. The molecule has 0 bridgehead atoms. The summed E-state index contributed by atoms with van der Waals surface area (Å²) in [5.74, 6) is 0.294. The summed E-state index contributed by atoms with van der Waals surface area (Å²) in [4.78, 5) is 14.0. The Labute approximate surface area is 104 Å². The van der Waals surface area contributed by atoms with Gasteiger partial charge in [0.2, 0.25) is 5.91 Å². The van der Waals surface area contributed by atoms with Gasteiger partial charge in [-0.2, -0.15) is 0 Å². The summed E-state index contributed by atoms with van der Waals surface area (Å²) in [6.07, 6.45) is 3.54. The van der Waals surface area contributed by atoms with Crippen LogP contribution >= 0.6 is 0 Å². The Morgan fingerprint density at radius 2 is 1.94 bits per heavy atom. The van der Waals surface area contributed by atoms with Crippen molar-refractivity contribution in [3.63, 3.8) is 0 Å². The van der Waals surface area contributed by atoms with Gasteiger partial charge in [-0.15, -0.1) is 0 Å². The SMILES string of the molecule is CC(C)NC(=O)C1CCC(CO)(N(C)C)CC1. The van der Waals surface area contributed by atoms with Crippen LogP contribution in [0.15, 0.2) is 0 Å². The monoisotopic (exact) mass is 242 g/mol. The van der Waals surface area contributed by atoms with E-state index in [1.807, 2.05) is 27.9 Å². The molecule has 1 rings (SSSR count). The maximum Gasteiger partial charge on any atom is 0.223 e. The number of rotatable bonds is 4. The largest absolute Gasteiger partial charge is 0.394 e. The number of likely N-dealkylation sites (N-methyl/N-ethyl adjacent to an activating group) is 1. The minimum Gasteiger partial charge on any atom is -0.394 e. The molecule has 17 heavy (non-hydrogen) atoms. The number of nitrogens with zero attached hydrogens (tertiary/aromatic N) is 1. The van der Waals surface area contributed by atoms with Crippen molar-refractivity contribution in [1.82, 2.24) is 10.2 Å². The zero-order chi connectivity index (χ0) is 13.1. The van der Waals surface area contributed by atoms with Gasteiger partial charge in [-0.3, -0.25) is 4.79 Å². The molecule has 0 aromatic carbocycles. The summed E-state index contributed by atoms with van der Waals surface area (Å²) in [6, 6.07) is 0.209. The molecule has 0 aromatic heterocycles. The highest BCUT2D eigenvalue weighted by Crippen LogP contribution is 2.35. The molecule has 0 atom stereocenters. The molecule has 0 aliphatic heterocycles. The Hall–Kier alpha value is -0.610. The summed E-state index contributed by atoms with van der Waals surface area (Å²) in [7, 11) is 4.01. The Bertz CT molecular complexity index is 256. The average molecular weight is 242 g/mol. The first-order valence-corrected chi connectivity index (χ1v) is 6.50. The fourth-order valence-electron chi connectivity index (χ4n) is 2.57. The van der Waals surface area contributed by atoms with E-state index in [1.54, 1.807) is 0 Å². The second-order valence-corrected chi connectivity index (χ2v) is 5.71. The lowest BCUT2D eigenvalue weighted by atomic mass is 9.76. The quantitative estimate of drug-likeness (QED) is 0.773. The third-order valence-electron chi connectivity index (χ3n) is 3.96. The van der Waals surface area contributed by atoms with E-state index in [1.165, 1.54) is 0 Å². The van der Waals surface area contributed by atoms with Gasteiger partial charge >= 0.3 is 0 Å². The van der Waals surface area contributed by atoms with Gasteiger partial charge in [0.05, 0.1) is 6.61 Å². The fourth-order valence-corrected chi connectivity index (χ4v) is 2.57. The number of carbonyl (C=O) groups excluding carboxylic acids is 1. The number of carbonyl (C=O) groups is 1. The summed E-state index contributed by atoms with van der Waals surface area (Å²) in [5.41, 5.74) is -0.116. The summed E-state index contributed by atoms with van der Waals surface area (Å²) >= 11 is 0. The van der Waals surface area contributed by atoms with Gasteiger partial charge in [-0.1, -0.05) is 0 Å². The molecule has 2 N–H and O–H groups in total. The Kier molecular flexibility index (Phi) is 4.95. The molecule has 0 saturated heterocycles. The highest BCUT2D eigenvalue weighted by atomic mass is 16.3. The van der Waals surface area contributed by atoms with Crippen LogP contribution < -0.4 is 5.32 Å². The van der Waals surface area contributed by atoms with Crippen LogP contribution in [0.1, 0.15) is 39.5 Å². The summed E-state index contributed by atoms with van der Waals surface area (Å²) in [6.45, 7) is 4.15. The number of nitrogens with one attached hydrogen (secondary N) is 1. The molecule has 1 aliphatic rings. The van der Waals surface area contributed by atoms with E-state index in [-0.39, 0.29) is 30.0 Å². The number of hydrogen-bond acceptors (Lipinski definition) is 3. The normalized spacial score (nSPS) is 29.7. The summed E-state index contributed by atoms with van der Waals surface area (Å²) < 4.78 is 0.